The molecular weight excluding hydrogens is 350 g/mol. The van der Waals surface area contributed by atoms with Gasteiger partial charge in [-0.15, -0.1) is 11.3 Å². The molecule has 0 aliphatic carbocycles. The van der Waals surface area contributed by atoms with E-state index in [0.717, 1.165) is 34.0 Å². The Morgan fingerprint density at radius 3 is 2.83 bits per heavy atom. The zero-order valence-corrected chi connectivity index (χ0v) is 14.4. The van der Waals surface area contributed by atoms with Crippen molar-refractivity contribution in [3.8, 4) is 0 Å². The number of thiophene rings is 1. The first kappa shape index (κ1) is 16.6. The minimum absolute atomic E-state index is 0.00854. The van der Waals surface area contributed by atoms with Crippen molar-refractivity contribution in [2.45, 2.75) is 10.6 Å². The third-order valence-electron chi connectivity index (χ3n) is 3.58. The van der Waals surface area contributed by atoms with E-state index >= 15 is 0 Å². The molecule has 0 spiro atoms. The van der Waals surface area contributed by atoms with Crippen LogP contribution >= 0.6 is 11.3 Å². The van der Waals surface area contributed by atoms with Crippen LogP contribution in [-0.2, 0) is 23.5 Å². The first-order valence-electron chi connectivity index (χ1n) is 7.10. The first-order valence-corrected chi connectivity index (χ1v) is 9.47. The number of carboxylic acid groups (broad SMARTS) is 1. The topological polar surface area (TPSA) is 101 Å². The van der Waals surface area contributed by atoms with Crippen molar-refractivity contribution < 1.29 is 18.3 Å². The number of benzene rings is 1. The van der Waals surface area contributed by atoms with Gasteiger partial charge in [-0.1, -0.05) is 18.2 Å². The number of carboxylic acids is 1. The van der Waals surface area contributed by atoms with E-state index in [0.29, 0.717) is 6.42 Å². The second-order valence-corrected chi connectivity index (χ2v) is 8.10. The molecule has 0 bridgehead atoms. The molecule has 2 aromatic heterocycles. The third-order valence-corrected chi connectivity index (χ3v) is 6.48. The van der Waals surface area contributed by atoms with Crippen LogP contribution in [0.3, 0.4) is 0 Å². The predicted molar refractivity (Wildman–Crippen MR) is 90.9 cm³/mol. The maximum atomic E-state index is 12.2. The Morgan fingerprint density at radius 1 is 1.38 bits per heavy atom. The zero-order valence-electron chi connectivity index (χ0n) is 12.8. The predicted octanol–water partition coefficient (Wildman–Crippen LogP) is 1.85. The molecule has 1 aromatic carbocycles. The smallest absolute Gasteiger partial charge is 0.336 e. The van der Waals surface area contributed by atoms with Gasteiger partial charge in [-0.2, -0.15) is 5.10 Å². The van der Waals surface area contributed by atoms with E-state index < -0.39 is 16.0 Å². The lowest BCUT2D eigenvalue weighted by atomic mass is 10.2. The van der Waals surface area contributed by atoms with E-state index in [2.05, 4.69) is 9.82 Å². The molecule has 9 heteroatoms. The summed E-state index contributed by atoms with van der Waals surface area (Å²) < 4.78 is 28.7. The van der Waals surface area contributed by atoms with Crippen LogP contribution in [0, 0.1) is 0 Å². The fourth-order valence-electron chi connectivity index (χ4n) is 2.42. The molecule has 0 aliphatic heterocycles. The molecule has 0 saturated carbocycles. The maximum Gasteiger partial charge on any atom is 0.336 e. The van der Waals surface area contributed by atoms with Gasteiger partial charge in [0.15, 0.2) is 0 Å². The SMILES string of the molecule is Cn1nc(CCNS(=O)(=O)c2cc(C(=O)O)cs2)c2ccccc21. The molecule has 3 rings (SSSR count). The van der Waals surface area contributed by atoms with Crippen LogP contribution in [-0.4, -0.2) is 35.8 Å². The third kappa shape index (κ3) is 3.18. The quantitative estimate of drug-likeness (QED) is 0.694. The summed E-state index contributed by atoms with van der Waals surface area (Å²) >= 11 is 0.887. The zero-order chi connectivity index (χ0) is 17.3. The normalized spacial score (nSPS) is 11.9. The average molecular weight is 365 g/mol. The van der Waals surface area contributed by atoms with Crippen molar-refractivity contribution in [2.75, 3.05) is 6.54 Å². The average Bonchev–Trinajstić information content (AvgIpc) is 3.14. The number of aromatic carboxylic acids is 1. The molecule has 7 nitrogen and oxygen atoms in total. The summed E-state index contributed by atoms with van der Waals surface area (Å²) in [5.41, 5.74) is 1.77. The standard InChI is InChI=1S/C15H15N3O4S2/c1-18-13-5-3-2-4-11(13)12(17-18)6-7-16-24(21,22)14-8-10(9-23-14)15(19)20/h2-5,8-9,16H,6-7H2,1H3,(H,19,20). The molecule has 126 valence electrons. The summed E-state index contributed by atoms with van der Waals surface area (Å²) in [5.74, 6) is -1.15. The summed E-state index contributed by atoms with van der Waals surface area (Å²) in [4.78, 5) is 10.8. The Morgan fingerprint density at radius 2 is 2.12 bits per heavy atom. The molecule has 0 radical (unpaired) electrons. The van der Waals surface area contributed by atoms with Gasteiger partial charge in [-0.05, 0) is 12.1 Å². The summed E-state index contributed by atoms with van der Waals surface area (Å²) in [7, 11) is -1.88. The number of nitrogens with zero attached hydrogens (tertiary/aromatic N) is 2. The number of carbonyl (C=O) groups is 1. The summed E-state index contributed by atoms with van der Waals surface area (Å²) in [5, 5.41) is 15.6. The molecule has 24 heavy (non-hydrogen) atoms. The van der Waals surface area contributed by atoms with Crippen LogP contribution in [0.2, 0.25) is 0 Å². The van der Waals surface area contributed by atoms with Crippen LogP contribution in [0.5, 0.6) is 0 Å². The molecule has 0 atom stereocenters. The van der Waals surface area contributed by atoms with E-state index in [9.17, 15) is 13.2 Å². The highest BCUT2D eigenvalue weighted by Crippen LogP contribution is 2.21. The maximum absolute atomic E-state index is 12.2. The van der Waals surface area contributed by atoms with Gasteiger partial charge in [0.25, 0.3) is 0 Å². The molecule has 0 unspecified atom stereocenters. The highest BCUT2D eigenvalue weighted by Gasteiger charge is 2.19. The molecule has 2 heterocycles. The Balaban J connectivity index is 1.71. The summed E-state index contributed by atoms with van der Waals surface area (Å²) in [6.45, 7) is 0.184. The van der Waals surface area contributed by atoms with Crippen molar-refractivity contribution in [3.05, 3.63) is 47.0 Å². The fraction of sp³-hybridized carbons (Fsp3) is 0.200. The lowest BCUT2D eigenvalue weighted by molar-refractivity contribution is 0.0697. The van der Waals surface area contributed by atoms with E-state index in [-0.39, 0.29) is 16.3 Å². The van der Waals surface area contributed by atoms with Crippen molar-refractivity contribution in [1.82, 2.24) is 14.5 Å². The number of hydrogen-bond acceptors (Lipinski definition) is 5. The minimum atomic E-state index is -3.72. The van der Waals surface area contributed by atoms with Crippen LogP contribution in [0.25, 0.3) is 10.9 Å². The van der Waals surface area contributed by atoms with Gasteiger partial charge >= 0.3 is 5.97 Å². The number of hydrogen-bond donors (Lipinski definition) is 2. The van der Waals surface area contributed by atoms with Gasteiger partial charge in [0.05, 0.1) is 16.8 Å². The lowest BCUT2D eigenvalue weighted by Gasteiger charge is -2.03. The van der Waals surface area contributed by atoms with Crippen molar-refractivity contribution in [1.29, 1.82) is 0 Å². The molecule has 3 aromatic rings. The van der Waals surface area contributed by atoms with E-state index in [4.69, 9.17) is 5.11 Å². The molecule has 0 amide bonds. The second-order valence-electron chi connectivity index (χ2n) is 5.19. The van der Waals surface area contributed by atoms with Gasteiger partial charge in [0.2, 0.25) is 10.0 Å². The monoisotopic (exact) mass is 365 g/mol. The molecule has 2 N–H and O–H groups in total. The largest absolute Gasteiger partial charge is 0.478 e. The van der Waals surface area contributed by atoms with Gasteiger partial charge < -0.3 is 5.11 Å². The van der Waals surface area contributed by atoms with E-state index in [1.165, 1.54) is 5.38 Å². The number of fused-ring (bicyclic) bond motifs is 1. The number of sulfonamides is 1. The van der Waals surface area contributed by atoms with Crippen molar-refractivity contribution in [3.63, 3.8) is 0 Å². The summed E-state index contributed by atoms with van der Waals surface area (Å²) in [6.07, 6.45) is 0.442. The van der Waals surface area contributed by atoms with Gasteiger partial charge in [0.1, 0.15) is 4.21 Å². The molecule has 0 saturated heterocycles. The lowest BCUT2D eigenvalue weighted by Crippen LogP contribution is -2.25. The Hall–Kier alpha value is -2.23. The first-order chi connectivity index (χ1) is 11.4. The number of para-hydroxylation sites is 1. The van der Waals surface area contributed by atoms with Crippen LogP contribution in [0.4, 0.5) is 0 Å². The second kappa shape index (κ2) is 6.34. The number of nitrogens with one attached hydrogen (secondary N) is 1. The molecular formula is C15H15N3O4S2. The Labute approximate surface area is 142 Å². The van der Waals surface area contributed by atoms with E-state index in [1.54, 1.807) is 4.68 Å². The minimum Gasteiger partial charge on any atom is -0.478 e. The number of aryl methyl sites for hydroxylation is 1. The molecule has 0 fully saturated rings. The summed E-state index contributed by atoms with van der Waals surface area (Å²) in [6, 6.07) is 8.90. The molecule has 0 aliphatic rings. The van der Waals surface area contributed by atoms with Crippen molar-refractivity contribution >= 4 is 38.2 Å². The van der Waals surface area contributed by atoms with Gasteiger partial charge in [0, 0.05) is 30.8 Å². The van der Waals surface area contributed by atoms with Crippen molar-refractivity contribution in [2.24, 2.45) is 7.05 Å². The van der Waals surface area contributed by atoms with Crippen LogP contribution in [0.15, 0.2) is 39.9 Å². The fourth-order valence-corrected chi connectivity index (χ4v) is 4.65. The Kier molecular flexibility index (Phi) is 4.39. The number of aromatic nitrogens is 2. The highest BCUT2D eigenvalue weighted by molar-refractivity contribution is 7.91. The number of rotatable bonds is 6. The highest BCUT2D eigenvalue weighted by atomic mass is 32.2. The van der Waals surface area contributed by atoms with Crippen LogP contribution < -0.4 is 4.72 Å². The van der Waals surface area contributed by atoms with Crippen LogP contribution in [0.1, 0.15) is 16.1 Å². The van der Waals surface area contributed by atoms with Gasteiger partial charge in [-0.25, -0.2) is 17.9 Å². The Bertz CT molecular complexity index is 1000. The van der Waals surface area contributed by atoms with Gasteiger partial charge in [-0.3, -0.25) is 4.68 Å². The van der Waals surface area contributed by atoms with E-state index in [1.807, 2.05) is 31.3 Å².